The van der Waals surface area contributed by atoms with Crippen molar-refractivity contribution in [3.05, 3.63) is 99.2 Å². The molecule has 0 radical (unpaired) electrons. The molecule has 0 spiro atoms. The number of H-pyrrole nitrogens is 2. The first-order valence-corrected chi connectivity index (χ1v) is 21.0. The van der Waals surface area contributed by atoms with Crippen molar-refractivity contribution in [3.63, 3.8) is 0 Å². The third-order valence-corrected chi connectivity index (χ3v) is 11.7. The number of allylic oxidation sites excluding steroid dienone is 7. The molecule has 0 saturated carbocycles. The topological polar surface area (TPSA) is 172 Å². The Morgan fingerprint density at radius 3 is 1.95 bits per heavy atom. The van der Waals surface area contributed by atoms with Crippen molar-refractivity contribution in [3.8, 4) is 0 Å². The molecule has 0 aromatic carbocycles. The Hall–Kier alpha value is -5.32. The number of aromatic nitrogens is 4. The maximum atomic E-state index is 11.9. The van der Waals surface area contributed by atoms with E-state index >= 15 is 0 Å². The Kier molecular flexibility index (Phi) is 15.2. The fourth-order valence-corrected chi connectivity index (χ4v) is 8.17. The maximum Gasteiger partial charge on any atom is 0.303 e. The lowest BCUT2D eigenvalue weighted by atomic mass is 9.97. The van der Waals surface area contributed by atoms with Gasteiger partial charge in [-0.3, -0.25) is 9.59 Å². The third-order valence-electron chi connectivity index (χ3n) is 11.7. The van der Waals surface area contributed by atoms with Gasteiger partial charge in [0.05, 0.1) is 35.5 Å². The van der Waals surface area contributed by atoms with Crippen molar-refractivity contribution in [1.82, 2.24) is 19.9 Å². The monoisotopic (exact) mass is 802 g/mol. The minimum Gasteiger partial charge on any atom is -0.481 e. The van der Waals surface area contributed by atoms with Gasteiger partial charge in [-0.2, -0.15) is 0 Å². The normalized spacial score (nSPS) is 14.1. The molecule has 6 N–H and O–H groups in total. The molecule has 8 bridgehead atoms. The lowest BCUT2D eigenvalue weighted by Crippen LogP contribution is -1.98. The van der Waals surface area contributed by atoms with E-state index in [1.54, 1.807) is 12.1 Å². The molecule has 2 aliphatic heterocycles. The summed E-state index contributed by atoms with van der Waals surface area (Å²) in [6.45, 7) is 18.5. The van der Waals surface area contributed by atoms with Crippen LogP contribution in [0.15, 0.2) is 54.1 Å². The summed E-state index contributed by atoms with van der Waals surface area (Å²) < 4.78 is 0. The van der Waals surface area contributed by atoms with Gasteiger partial charge in [-0.15, -0.1) is 0 Å². The molecule has 3 aromatic rings. The zero-order valence-corrected chi connectivity index (χ0v) is 35.9. The number of aliphatic carboxylic acids is 2. The molecule has 0 unspecified atom stereocenters. The smallest absolute Gasteiger partial charge is 0.303 e. The molecule has 0 saturated heterocycles. The second-order valence-electron chi connectivity index (χ2n) is 16.6. The van der Waals surface area contributed by atoms with Crippen LogP contribution in [0.1, 0.15) is 156 Å². The number of aliphatic hydroxyl groups excluding tert-OH is 2. The molecule has 314 valence electrons. The predicted octanol–water partition coefficient (Wildman–Crippen LogP) is 11.5. The van der Waals surface area contributed by atoms with Crippen molar-refractivity contribution in [1.29, 1.82) is 0 Å². The number of hydrogen-bond donors (Lipinski definition) is 6. The van der Waals surface area contributed by atoms with Crippen LogP contribution in [0, 0.1) is 19.8 Å². The molecule has 1 atom stereocenters. The van der Waals surface area contributed by atoms with Crippen LogP contribution in [0.3, 0.4) is 0 Å². The van der Waals surface area contributed by atoms with Gasteiger partial charge in [-0.05, 0) is 144 Å². The summed E-state index contributed by atoms with van der Waals surface area (Å²) in [7, 11) is 0. The number of fused-ring (bicyclic) bond motifs is 8. The quantitative estimate of drug-likeness (QED) is 0.0650. The number of nitrogens with zero attached hydrogens (tertiary/aromatic N) is 2. The number of aliphatic hydroxyl groups is 2. The Morgan fingerprint density at radius 2 is 1.29 bits per heavy atom. The lowest BCUT2D eigenvalue weighted by molar-refractivity contribution is -0.137. The van der Waals surface area contributed by atoms with Gasteiger partial charge in [-0.1, -0.05) is 56.2 Å². The number of nitrogens with one attached hydrogen (secondary N) is 2. The van der Waals surface area contributed by atoms with E-state index in [1.807, 2.05) is 39.0 Å². The summed E-state index contributed by atoms with van der Waals surface area (Å²) in [5, 5.41) is 41.9. The minimum atomic E-state index is -0.978. The minimum absolute atomic E-state index is 0.0962. The Morgan fingerprint density at radius 1 is 0.712 bits per heavy atom. The van der Waals surface area contributed by atoms with Gasteiger partial charge < -0.3 is 30.4 Å². The predicted molar refractivity (Wildman–Crippen MR) is 240 cm³/mol. The fourth-order valence-electron chi connectivity index (χ4n) is 8.17. The highest BCUT2D eigenvalue weighted by atomic mass is 16.4. The highest BCUT2D eigenvalue weighted by molar-refractivity contribution is 5.97. The molecular weight excluding hydrogens is 741 g/mol. The van der Waals surface area contributed by atoms with E-state index in [2.05, 4.69) is 56.4 Å². The molecule has 2 aliphatic rings. The number of aromatic amines is 2. The lowest BCUT2D eigenvalue weighted by Gasteiger charge is -2.11. The van der Waals surface area contributed by atoms with Crippen LogP contribution < -0.4 is 0 Å². The van der Waals surface area contributed by atoms with E-state index in [-0.39, 0.29) is 32.3 Å². The molecule has 5 rings (SSSR count). The van der Waals surface area contributed by atoms with Gasteiger partial charge in [0.2, 0.25) is 0 Å². The molecule has 59 heavy (non-hydrogen) atoms. The summed E-state index contributed by atoms with van der Waals surface area (Å²) in [5.74, 6) is -1.18. The van der Waals surface area contributed by atoms with Gasteiger partial charge >= 0.3 is 11.9 Å². The number of carbonyl (C=O) groups is 2. The standard InChI is InChI=1S/C49H62N4O6/c1-9-34-31(6)39-25-45-49(46(55)18-12-17-30(5)16-11-15-29(4)14-10-13-28(2)3)33(8)40(52-45)24-44-37(27-54)36(20-22-48(58)59)43(53-44)26-42-35(19-21-47(56)57)32(7)38(51-42)23-41(34)50-39/h9,15,17,23-26,28,46,50,52,54-55H,1,10-14,16,18-22,27H2,2-8H3,(H,56,57)(H,58,59)/b29-15+,30-17+,38-23?,39-25?,40-24?,41-23?,42-26?,43-26?,44-24?,45-25?/t46-/m0/s1. The number of aryl methyl sites for hydroxylation is 2. The molecule has 10 heteroatoms. The van der Waals surface area contributed by atoms with Crippen LogP contribution in [-0.2, 0) is 9.59 Å². The molecule has 0 amide bonds. The third kappa shape index (κ3) is 11.0. The zero-order chi connectivity index (χ0) is 43.0. The first kappa shape index (κ1) is 44.8. The van der Waals surface area contributed by atoms with Crippen LogP contribution in [0.4, 0.5) is 0 Å². The van der Waals surface area contributed by atoms with Gasteiger partial charge in [0.25, 0.3) is 0 Å². The molecule has 10 nitrogen and oxygen atoms in total. The molecule has 0 fully saturated rings. The van der Waals surface area contributed by atoms with E-state index in [0.29, 0.717) is 52.3 Å². The van der Waals surface area contributed by atoms with Crippen molar-refractivity contribution in [2.45, 2.75) is 125 Å². The highest BCUT2D eigenvalue weighted by Crippen LogP contribution is 2.39. The molecule has 5 heterocycles. The average Bonchev–Trinajstić information content (AvgIpc) is 3.85. The van der Waals surface area contributed by atoms with Gasteiger partial charge in [0.15, 0.2) is 0 Å². The van der Waals surface area contributed by atoms with Gasteiger partial charge in [0, 0.05) is 51.6 Å². The SMILES string of the molecule is C=Cc1c(C)c2cc3[nH]c(cc4nc(cc5nc(cc1[nH]2)C(C)=C5CCC(=O)O)C(CCC(=O)O)=C4CO)c(C)c3[C@@H](O)CC/C=C(\C)CC/C=C(\C)CCCC(C)C. The number of carboxylic acid groups (broad SMARTS) is 2. The summed E-state index contributed by atoms with van der Waals surface area (Å²) in [6, 6.07) is 7.56. The summed E-state index contributed by atoms with van der Waals surface area (Å²) >= 11 is 0. The van der Waals surface area contributed by atoms with Crippen molar-refractivity contribution >= 4 is 62.4 Å². The van der Waals surface area contributed by atoms with E-state index in [1.165, 1.54) is 24.0 Å². The van der Waals surface area contributed by atoms with Gasteiger partial charge in [0.1, 0.15) is 0 Å². The first-order chi connectivity index (χ1) is 28.1. The molecule has 3 aromatic heterocycles. The second-order valence-corrected chi connectivity index (χ2v) is 16.6. The first-order valence-electron chi connectivity index (χ1n) is 21.0. The second kappa shape index (κ2) is 20.1. The highest BCUT2D eigenvalue weighted by Gasteiger charge is 2.25. The maximum absolute atomic E-state index is 11.9. The number of hydrogen-bond acceptors (Lipinski definition) is 6. The number of rotatable bonds is 19. The Bertz CT molecular complexity index is 2390. The number of carboxylic acids is 2. The largest absolute Gasteiger partial charge is 0.481 e. The molecular formula is C49H62N4O6. The summed E-state index contributed by atoms with van der Waals surface area (Å²) in [6.07, 6.45) is 12.5. The van der Waals surface area contributed by atoms with E-state index < -0.39 is 18.0 Å². The molecule has 0 aliphatic carbocycles. The summed E-state index contributed by atoms with van der Waals surface area (Å²) in [4.78, 5) is 40.6. The van der Waals surface area contributed by atoms with E-state index in [9.17, 15) is 30.0 Å². The van der Waals surface area contributed by atoms with Crippen molar-refractivity contribution in [2.75, 3.05) is 6.61 Å². The zero-order valence-electron chi connectivity index (χ0n) is 35.9. The Labute approximate surface area is 348 Å². The van der Waals surface area contributed by atoms with E-state index in [4.69, 9.17) is 9.97 Å². The van der Waals surface area contributed by atoms with Crippen molar-refractivity contribution in [2.24, 2.45) is 5.92 Å². The van der Waals surface area contributed by atoms with Crippen LogP contribution in [0.25, 0.3) is 50.4 Å². The van der Waals surface area contributed by atoms with Crippen LogP contribution in [-0.4, -0.2) is 58.9 Å². The summed E-state index contributed by atoms with van der Waals surface area (Å²) in [5.41, 5.74) is 14.1. The van der Waals surface area contributed by atoms with Crippen molar-refractivity contribution < 1.29 is 30.0 Å². The fraction of sp³-hybridized carbons (Fsp3) is 0.429. The van der Waals surface area contributed by atoms with E-state index in [0.717, 1.165) is 75.1 Å². The van der Waals surface area contributed by atoms with Crippen LogP contribution in [0.5, 0.6) is 0 Å². The van der Waals surface area contributed by atoms with Gasteiger partial charge in [-0.25, -0.2) is 9.97 Å². The van der Waals surface area contributed by atoms with Crippen LogP contribution >= 0.6 is 0 Å². The van der Waals surface area contributed by atoms with Crippen LogP contribution in [0.2, 0.25) is 0 Å². The Balaban J connectivity index is 1.64. The average molecular weight is 803 g/mol.